The number of anilines is 1. The van der Waals surface area contributed by atoms with E-state index in [0.29, 0.717) is 11.6 Å². The first-order valence-electron chi connectivity index (χ1n) is 6.20. The predicted octanol–water partition coefficient (Wildman–Crippen LogP) is 4.16. The van der Waals surface area contributed by atoms with Gasteiger partial charge in [-0.05, 0) is 56.2 Å². The van der Waals surface area contributed by atoms with E-state index in [9.17, 15) is 4.39 Å². The van der Waals surface area contributed by atoms with E-state index in [2.05, 4.69) is 12.2 Å². The summed E-state index contributed by atoms with van der Waals surface area (Å²) in [6.45, 7) is 3.88. The number of halogens is 1. The monoisotopic (exact) mass is 247 g/mol. The van der Waals surface area contributed by atoms with E-state index >= 15 is 0 Å². The van der Waals surface area contributed by atoms with E-state index in [1.54, 1.807) is 19.3 Å². The van der Waals surface area contributed by atoms with Gasteiger partial charge in [0.15, 0.2) is 0 Å². The molecule has 1 aromatic carbocycles. The lowest BCUT2D eigenvalue weighted by molar-refractivity contribution is 0.495. The average Bonchev–Trinajstić information content (AvgIpc) is 2.84. The number of nitrogens with one attached hydrogen (secondary N) is 1. The second-order valence-corrected chi connectivity index (χ2v) is 4.63. The van der Waals surface area contributed by atoms with Gasteiger partial charge in [0.25, 0.3) is 0 Å². The van der Waals surface area contributed by atoms with E-state index in [1.807, 2.05) is 18.2 Å². The second-order valence-electron chi connectivity index (χ2n) is 4.63. The van der Waals surface area contributed by atoms with Crippen molar-refractivity contribution in [2.45, 2.75) is 32.7 Å². The Kier molecular flexibility index (Phi) is 4.03. The molecule has 3 heteroatoms. The Hall–Kier alpha value is -1.77. The third-order valence-electron chi connectivity index (χ3n) is 2.97. The molecular formula is C15H18FNO. The summed E-state index contributed by atoms with van der Waals surface area (Å²) in [5, 5.41) is 3.36. The molecule has 1 unspecified atom stereocenters. The maximum absolute atomic E-state index is 13.1. The Morgan fingerprint density at radius 3 is 2.83 bits per heavy atom. The van der Waals surface area contributed by atoms with E-state index in [0.717, 1.165) is 24.3 Å². The maximum atomic E-state index is 13.1. The number of aryl methyl sites for hydroxylation is 2. The first-order chi connectivity index (χ1) is 8.65. The normalized spacial score (nSPS) is 12.4. The molecule has 1 heterocycles. The van der Waals surface area contributed by atoms with Crippen LogP contribution in [0.4, 0.5) is 10.1 Å². The molecule has 0 aliphatic rings. The second kappa shape index (κ2) is 5.71. The molecular weight excluding hydrogens is 229 g/mol. The van der Waals surface area contributed by atoms with Gasteiger partial charge in [-0.3, -0.25) is 0 Å². The summed E-state index contributed by atoms with van der Waals surface area (Å²) in [4.78, 5) is 0. The van der Waals surface area contributed by atoms with E-state index in [1.165, 1.54) is 6.07 Å². The summed E-state index contributed by atoms with van der Waals surface area (Å²) in [5.74, 6) is 0.836. The highest BCUT2D eigenvalue weighted by molar-refractivity contribution is 5.46. The van der Waals surface area contributed by atoms with Crippen LogP contribution in [0.2, 0.25) is 0 Å². The van der Waals surface area contributed by atoms with Crippen molar-refractivity contribution in [3.63, 3.8) is 0 Å². The van der Waals surface area contributed by atoms with Crippen LogP contribution >= 0.6 is 0 Å². The quantitative estimate of drug-likeness (QED) is 0.858. The van der Waals surface area contributed by atoms with Gasteiger partial charge in [0.2, 0.25) is 0 Å². The van der Waals surface area contributed by atoms with Crippen LogP contribution < -0.4 is 5.32 Å². The van der Waals surface area contributed by atoms with Gasteiger partial charge in [0.05, 0.1) is 6.26 Å². The minimum Gasteiger partial charge on any atom is -0.469 e. The Bertz CT molecular complexity index is 493. The fourth-order valence-electron chi connectivity index (χ4n) is 1.90. The molecule has 18 heavy (non-hydrogen) atoms. The highest BCUT2D eigenvalue weighted by Gasteiger charge is 2.05. The van der Waals surface area contributed by atoms with Crippen molar-refractivity contribution >= 4 is 5.69 Å². The van der Waals surface area contributed by atoms with Crippen LogP contribution in [0, 0.1) is 12.7 Å². The molecule has 0 fully saturated rings. The Balaban J connectivity index is 1.86. The molecule has 0 aliphatic carbocycles. The summed E-state index contributed by atoms with van der Waals surface area (Å²) < 4.78 is 18.4. The Labute approximate surface area is 107 Å². The molecule has 2 aromatic rings. The van der Waals surface area contributed by atoms with Gasteiger partial charge in [-0.1, -0.05) is 0 Å². The lowest BCUT2D eigenvalue weighted by Gasteiger charge is -2.15. The van der Waals surface area contributed by atoms with E-state index in [-0.39, 0.29) is 5.82 Å². The number of benzene rings is 1. The van der Waals surface area contributed by atoms with Crippen LogP contribution in [0.15, 0.2) is 41.0 Å². The lowest BCUT2D eigenvalue weighted by Crippen LogP contribution is -2.16. The first kappa shape index (κ1) is 12.7. The van der Waals surface area contributed by atoms with Gasteiger partial charge in [-0.15, -0.1) is 0 Å². The summed E-state index contributed by atoms with van der Waals surface area (Å²) >= 11 is 0. The van der Waals surface area contributed by atoms with Crippen molar-refractivity contribution in [3.8, 4) is 0 Å². The van der Waals surface area contributed by atoms with E-state index < -0.39 is 0 Å². The van der Waals surface area contributed by atoms with Crippen LogP contribution in [0.3, 0.4) is 0 Å². The highest BCUT2D eigenvalue weighted by Crippen LogP contribution is 2.16. The number of hydrogen-bond acceptors (Lipinski definition) is 2. The molecule has 1 atom stereocenters. The summed E-state index contributed by atoms with van der Waals surface area (Å²) in [6.07, 6.45) is 3.57. The van der Waals surface area contributed by atoms with Crippen molar-refractivity contribution in [3.05, 3.63) is 53.7 Å². The van der Waals surface area contributed by atoms with Crippen LogP contribution in [-0.4, -0.2) is 6.04 Å². The fourth-order valence-corrected chi connectivity index (χ4v) is 1.90. The molecule has 0 amide bonds. The Morgan fingerprint density at radius 2 is 2.17 bits per heavy atom. The minimum atomic E-state index is -0.163. The maximum Gasteiger partial charge on any atom is 0.126 e. The van der Waals surface area contributed by atoms with Crippen LogP contribution in [0.1, 0.15) is 24.7 Å². The van der Waals surface area contributed by atoms with Crippen molar-refractivity contribution in [1.29, 1.82) is 0 Å². The molecule has 0 saturated heterocycles. The van der Waals surface area contributed by atoms with Crippen LogP contribution in [0.25, 0.3) is 0 Å². The molecule has 1 aromatic heterocycles. The molecule has 0 bridgehead atoms. The topological polar surface area (TPSA) is 25.2 Å². The molecule has 2 rings (SSSR count). The first-order valence-corrected chi connectivity index (χ1v) is 6.20. The van der Waals surface area contributed by atoms with E-state index in [4.69, 9.17) is 4.42 Å². The summed E-state index contributed by atoms with van der Waals surface area (Å²) in [6, 6.07) is 9.30. The Morgan fingerprint density at radius 1 is 1.33 bits per heavy atom. The third kappa shape index (κ3) is 3.36. The zero-order valence-corrected chi connectivity index (χ0v) is 10.7. The number of rotatable bonds is 5. The summed E-state index contributed by atoms with van der Waals surface area (Å²) in [5.41, 5.74) is 1.62. The highest BCUT2D eigenvalue weighted by atomic mass is 19.1. The SMILES string of the molecule is Cc1cc(NC(C)CCc2ccco2)ccc1F. The van der Waals surface area contributed by atoms with Gasteiger partial charge in [0, 0.05) is 18.2 Å². The smallest absolute Gasteiger partial charge is 0.126 e. The largest absolute Gasteiger partial charge is 0.469 e. The number of furan rings is 1. The molecule has 0 saturated carbocycles. The average molecular weight is 247 g/mol. The summed E-state index contributed by atoms with van der Waals surface area (Å²) in [7, 11) is 0. The predicted molar refractivity (Wildman–Crippen MR) is 71.3 cm³/mol. The zero-order chi connectivity index (χ0) is 13.0. The third-order valence-corrected chi connectivity index (χ3v) is 2.97. The molecule has 2 nitrogen and oxygen atoms in total. The van der Waals surface area contributed by atoms with Gasteiger partial charge in [-0.2, -0.15) is 0 Å². The van der Waals surface area contributed by atoms with Crippen molar-refractivity contribution in [2.75, 3.05) is 5.32 Å². The van der Waals surface area contributed by atoms with Crippen molar-refractivity contribution in [1.82, 2.24) is 0 Å². The van der Waals surface area contributed by atoms with Gasteiger partial charge in [-0.25, -0.2) is 4.39 Å². The molecule has 0 spiro atoms. The molecule has 0 radical (unpaired) electrons. The standard InChI is InChI=1S/C15H18FNO/c1-11-10-13(6-8-15(11)16)17-12(2)5-7-14-4-3-9-18-14/h3-4,6,8-10,12,17H,5,7H2,1-2H3. The molecule has 0 aliphatic heterocycles. The van der Waals surface area contributed by atoms with Crippen molar-refractivity contribution < 1.29 is 8.81 Å². The molecule has 1 N–H and O–H groups in total. The van der Waals surface area contributed by atoms with Crippen LogP contribution in [0.5, 0.6) is 0 Å². The van der Waals surface area contributed by atoms with Gasteiger partial charge < -0.3 is 9.73 Å². The minimum absolute atomic E-state index is 0.163. The fraction of sp³-hybridized carbons (Fsp3) is 0.333. The van der Waals surface area contributed by atoms with Gasteiger partial charge >= 0.3 is 0 Å². The number of hydrogen-bond donors (Lipinski definition) is 1. The van der Waals surface area contributed by atoms with Gasteiger partial charge in [0.1, 0.15) is 11.6 Å². The molecule has 96 valence electrons. The van der Waals surface area contributed by atoms with Crippen molar-refractivity contribution in [2.24, 2.45) is 0 Å². The lowest BCUT2D eigenvalue weighted by atomic mass is 10.1. The van der Waals surface area contributed by atoms with Crippen LogP contribution in [-0.2, 0) is 6.42 Å². The zero-order valence-electron chi connectivity index (χ0n) is 10.7.